The first kappa shape index (κ1) is 14.0. The van der Waals surface area contributed by atoms with E-state index in [2.05, 4.69) is 5.32 Å². The van der Waals surface area contributed by atoms with Gasteiger partial charge in [-0.1, -0.05) is 12.1 Å². The van der Waals surface area contributed by atoms with Gasteiger partial charge >= 0.3 is 5.97 Å². The number of amides is 1. The average Bonchev–Trinajstić information content (AvgIpc) is 2.26. The normalized spacial score (nSPS) is 11.7. The summed E-state index contributed by atoms with van der Waals surface area (Å²) in [6.07, 6.45) is -0.179. The van der Waals surface area contributed by atoms with Gasteiger partial charge in [0.1, 0.15) is 18.4 Å². The van der Waals surface area contributed by atoms with Gasteiger partial charge in [-0.2, -0.15) is 0 Å². The van der Waals surface area contributed by atoms with Gasteiger partial charge in [-0.15, -0.1) is 0 Å². The number of hydrogen-bond donors (Lipinski definition) is 2. The number of aryl methyl sites for hydroxylation is 1. The third-order valence-corrected chi connectivity index (χ3v) is 2.24. The summed E-state index contributed by atoms with van der Waals surface area (Å²) in [5.74, 6) is -0.693. The van der Waals surface area contributed by atoms with E-state index in [-0.39, 0.29) is 25.0 Å². The first-order valence-corrected chi connectivity index (χ1v) is 5.69. The maximum atomic E-state index is 11.4. The van der Waals surface area contributed by atoms with Gasteiger partial charge in [0.05, 0.1) is 6.42 Å². The number of ether oxygens (including phenoxy) is 1. The fraction of sp³-hybridized carbons (Fsp3) is 0.385. The summed E-state index contributed by atoms with van der Waals surface area (Å²) in [6.45, 7) is 3.36. The second kappa shape index (κ2) is 6.64. The molecule has 1 rings (SSSR count). The van der Waals surface area contributed by atoms with Crippen molar-refractivity contribution in [3.63, 3.8) is 0 Å². The molecule has 5 nitrogen and oxygen atoms in total. The van der Waals surface area contributed by atoms with Crippen LogP contribution in [0.1, 0.15) is 18.9 Å². The van der Waals surface area contributed by atoms with Gasteiger partial charge in [0, 0.05) is 0 Å². The van der Waals surface area contributed by atoms with Crippen molar-refractivity contribution in [2.24, 2.45) is 0 Å². The molecule has 5 heteroatoms. The van der Waals surface area contributed by atoms with Crippen LogP contribution in [0.5, 0.6) is 5.75 Å². The van der Waals surface area contributed by atoms with Crippen molar-refractivity contribution in [2.45, 2.75) is 26.4 Å². The van der Waals surface area contributed by atoms with Gasteiger partial charge in [0.15, 0.2) is 0 Å². The number of nitrogens with one attached hydrogen (secondary N) is 1. The lowest BCUT2D eigenvalue weighted by atomic mass is 10.2. The van der Waals surface area contributed by atoms with Gasteiger partial charge < -0.3 is 15.2 Å². The van der Waals surface area contributed by atoms with E-state index in [0.29, 0.717) is 5.75 Å². The lowest BCUT2D eigenvalue weighted by molar-refractivity contribution is -0.138. The Morgan fingerprint density at radius 1 is 1.44 bits per heavy atom. The fourth-order valence-electron chi connectivity index (χ4n) is 1.47. The second-order valence-corrected chi connectivity index (χ2v) is 4.12. The van der Waals surface area contributed by atoms with Crippen LogP contribution in [-0.4, -0.2) is 29.6 Å². The molecule has 0 aliphatic rings. The Kier molecular flexibility index (Phi) is 5.17. The molecule has 0 bridgehead atoms. The smallest absolute Gasteiger partial charge is 0.322 e. The predicted molar refractivity (Wildman–Crippen MR) is 66.5 cm³/mol. The van der Waals surface area contributed by atoms with Crippen molar-refractivity contribution in [1.82, 2.24) is 5.32 Å². The minimum absolute atomic E-state index is 0.126. The van der Waals surface area contributed by atoms with Crippen LogP contribution in [0, 0.1) is 6.92 Å². The Labute approximate surface area is 106 Å². The summed E-state index contributed by atoms with van der Waals surface area (Å²) in [4.78, 5) is 21.6. The monoisotopic (exact) mass is 251 g/mol. The van der Waals surface area contributed by atoms with E-state index in [0.717, 1.165) is 5.56 Å². The maximum absolute atomic E-state index is 11.4. The molecule has 0 aliphatic heterocycles. The van der Waals surface area contributed by atoms with Gasteiger partial charge in [0.2, 0.25) is 5.91 Å². The highest BCUT2D eigenvalue weighted by Gasteiger charge is 2.11. The average molecular weight is 251 g/mol. The molecular weight excluding hydrogens is 234 g/mol. The molecule has 98 valence electrons. The minimum Gasteiger partial charge on any atom is -0.490 e. The van der Waals surface area contributed by atoms with Crippen LogP contribution in [0.25, 0.3) is 0 Å². The van der Waals surface area contributed by atoms with E-state index in [1.165, 1.54) is 0 Å². The summed E-state index contributed by atoms with van der Waals surface area (Å²) in [6, 6.07) is 7.53. The number of carboxylic acid groups (broad SMARTS) is 1. The molecule has 0 saturated heterocycles. The van der Waals surface area contributed by atoms with Gasteiger partial charge in [-0.25, -0.2) is 0 Å². The summed E-state index contributed by atoms with van der Waals surface area (Å²) >= 11 is 0. The summed E-state index contributed by atoms with van der Waals surface area (Å²) in [7, 11) is 0. The third kappa shape index (κ3) is 5.34. The number of carboxylic acids is 1. The topological polar surface area (TPSA) is 75.6 Å². The first-order valence-electron chi connectivity index (χ1n) is 5.69. The molecule has 0 aromatic heterocycles. The van der Waals surface area contributed by atoms with Crippen LogP contribution in [-0.2, 0) is 9.59 Å². The van der Waals surface area contributed by atoms with Crippen LogP contribution >= 0.6 is 0 Å². The van der Waals surface area contributed by atoms with Gasteiger partial charge in [-0.05, 0) is 31.5 Å². The molecule has 18 heavy (non-hydrogen) atoms. The number of carbonyl (C=O) groups excluding carboxylic acids is 1. The lowest BCUT2D eigenvalue weighted by Gasteiger charge is -2.14. The zero-order chi connectivity index (χ0) is 13.5. The van der Waals surface area contributed by atoms with Gasteiger partial charge in [0.25, 0.3) is 0 Å². The van der Waals surface area contributed by atoms with E-state index in [1.54, 1.807) is 6.92 Å². The number of carbonyl (C=O) groups is 2. The largest absolute Gasteiger partial charge is 0.490 e. The molecule has 1 aromatic rings. The summed E-state index contributed by atoms with van der Waals surface area (Å²) in [5.41, 5.74) is 1.08. The summed E-state index contributed by atoms with van der Waals surface area (Å²) in [5, 5.41) is 10.7. The van der Waals surface area contributed by atoms with E-state index >= 15 is 0 Å². The number of benzene rings is 1. The Hall–Kier alpha value is -2.04. The quantitative estimate of drug-likeness (QED) is 0.800. The molecule has 0 fully saturated rings. The van der Waals surface area contributed by atoms with E-state index < -0.39 is 5.97 Å². The second-order valence-electron chi connectivity index (χ2n) is 4.12. The highest BCUT2D eigenvalue weighted by atomic mass is 16.5. The Morgan fingerprint density at radius 3 is 2.78 bits per heavy atom. The highest BCUT2D eigenvalue weighted by molar-refractivity contribution is 5.81. The highest BCUT2D eigenvalue weighted by Crippen LogP contribution is 2.15. The van der Waals surface area contributed by atoms with Gasteiger partial charge in [-0.3, -0.25) is 9.59 Å². The van der Waals surface area contributed by atoms with E-state index in [1.807, 2.05) is 31.2 Å². The number of rotatable bonds is 6. The van der Waals surface area contributed by atoms with Crippen LogP contribution < -0.4 is 10.1 Å². The zero-order valence-electron chi connectivity index (χ0n) is 10.5. The molecule has 0 aliphatic carbocycles. The van der Waals surface area contributed by atoms with Crippen LogP contribution in [0.2, 0.25) is 0 Å². The van der Waals surface area contributed by atoms with Crippen LogP contribution in [0.15, 0.2) is 24.3 Å². The van der Waals surface area contributed by atoms with Crippen molar-refractivity contribution in [2.75, 3.05) is 6.54 Å². The third-order valence-electron chi connectivity index (χ3n) is 2.24. The molecule has 1 amide bonds. The van der Waals surface area contributed by atoms with Crippen LogP contribution in [0.3, 0.4) is 0 Å². The molecule has 1 unspecified atom stereocenters. The Balaban J connectivity index is 2.39. The molecular formula is C13H17NO4. The van der Waals surface area contributed by atoms with Crippen LogP contribution in [0.4, 0.5) is 0 Å². The maximum Gasteiger partial charge on any atom is 0.322 e. The minimum atomic E-state index is -1.06. The van der Waals surface area contributed by atoms with E-state index in [4.69, 9.17) is 9.84 Å². The van der Waals surface area contributed by atoms with Crippen molar-refractivity contribution in [3.05, 3.63) is 29.8 Å². The standard InChI is InChI=1S/C13H17NO4/c1-9-4-3-5-11(6-9)18-10(2)7-12(15)14-8-13(16)17/h3-6,10H,7-8H2,1-2H3,(H,14,15)(H,16,17). The molecule has 0 heterocycles. The Morgan fingerprint density at radius 2 is 2.17 bits per heavy atom. The molecule has 1 atom stereocenters. The zero-order valence-corrected chi connectivity index (χ0v) is 10.5. The number of hydrogen-bond acceptors (Lipinski definition) is 3. The molecule has 1 aromatic carbocycles. The van der Waals surface area contributed by atoms with Crippen molar-refractivity contribution in [3.8, 4) is 5.75 Å². The van der Waals surface area contributed by atoms with Crippen molar-refractivity contribution >= 4 is 11.9 Å². The van der Waals surface area contributed by atoms with Crippen molar-refractivity contribution < 1.29 is 19.4 Å². The molecule has 0 spiro atoms. The molecule has 2 N–H and O–H groups in total. The van der Waals surface area contributed by atoms with E-state index in [9.17, 15) is 9.59 Å². The summed E-state index contributed by atoms with van der Waals surface area (Å²) < 4.78 is 5.56. The Bertz CT molecular complexity index is 431. The number of aliphatic carboxylic acids is 1. The fourth-order valence-corrected chi connectivity index (χ4v) is 1.47. The SMILES string of the molecule is Cc1cccc(OC(C)CC(=O)NCC(=O)O)c1. The van der Waals surface area contributed by atoms with Crippen molar-refractivity contribution in [1.29, 1.82) is 0 Å². The molecule has 0 radical (unpaired) electrons. The molecule has 0 saturated carbocycles. The first-order chi connectivity index (χ1) is 8.47. The predicted octanol–water partition coefficient (Wildman–Crippen LogP) is 1.35. The lowest BCUT2D eigenvalue weighted by Crippen LogP contribution is -2.32.